The van der Waals surface area contributed by atoms with Crippen LogP contribution in [0.25, 0.3) is 0 Å². The van der Waals surface area contributed by atoms with Gasteiger partial charge >= 0.3 is 0 Å². The van der Waals surface area contributed by atoms with Crippen LogP contribution in [0.15, 0.2) is 12.4 Å². The summed E-state index contributed by atoms with van der Waals surface area (Å²) in [7, 11) is 0. The van der Waals surface area contributed by atoms with Gasteiger partial charge < -0.3 is 5.11 Å². The van der Waals surface area contributed by atoms with Crippen LogP contribution in [0, 0.1) is 11.3 Å². The normalized spacial score (nSPS) is 27.4. The number of hydrogen-bond acceptors (Lipinski definition) is 2. The number of aliphatic hydroxyl groups is 1. The van der Waals surface area contributed by atoms with Gasteiger partial charge in [-0.15, -0.1) is 0 Å². The van der Waals surface area contributed by atoms with Crippen molar-refractivity contribution in [2.75, 3.05) is 6.61 Å². The second-order valence-corrected chi connectivity index (χ2v) is 6.15. The van der Waals surface area contributed by atoms with Crippen LogP contribution < -0.4 is 0 Å². The molecule has 1 atom stereocenters. The van der Waals surface area contributed by atoms with Crippen molar-refractivity contribution >= 4 is 0 Å². The highest BCUT2D eigenvalue weighted by atomic mass is 16.3. The number of aromatic nitrogens is 2. The Morgan fingerprint density at radius 2 is 2.12 bits per heavy atom. The highest BCUT2D eigenvalue weighted by molar-refractivity contribution is 5.34. The third kappa shape index (κ3) is 1.67. The van der Waals surface area contributed by atoms with Gasteiger partial charge in [0.1, 0.15) is 0 Å². The fourth-order valence-corrected chi connectivity index (χ4v) is 2.65. The van der Waals surface area contributed by atoms with E-state index >= 15 is 0 Å². The molecule has 0 aromatic carbocycles. The van der Waals surface area contributed by atoms with Gasteiger partial charge in [0, 0.05) is 18.2 Å². The molecule has 1 N–H and O–H groups in total. The quantitative estimate of drug-likeness (QED) is 0.848. The van der Waals surface area contributed by atoms with E-state index in [1.165, 1.54) is 5.56 Å². The zero-order valence-corrected chi connectivity index (χ0v) is 10.7. The second-order valence-electron chi connectivity index (χ2n) is 6.15. The predicted octanol–water partition coefficient (Wildman–Crippen LogP) is 2.20. The molecule has 0 spiro atoms. The molecule has 2 rings (SSSR count). The summed E-state index contributed by atoms with van der Waals surface area (Å²) >= 11 is 0. The van der Waals surface area contributed by atoms with Gasteiger partial charge in [-0.25, -0.2) is 0 Å². The van der Waals surface area contributed by atoms with Crippen molar-refractivity contribution in [3.63, 3.8) is 0 Å². The molecule has 0 radical (unpaired) electrons. The molecule has 0 saturated heterocycles. The summed E-state index contributed by atoms with van der Waals surface area (Å²) in [5.41, 5.74) is 1.37. The Morgan fingerprint density at radius 1 is 1.50 bits per heavy atom. The first-order valence-electron chi connectivity index (χ1n) is 6.05. The Morgan fingerprint density at radius 3 is 2.56 bits per heavy atom. The summed E-state index contributed by atoms with van der Waals surface area (Å²) in [5.74, 6) is 0.602. The summed E-state index contributed by atoms with van der Waals surface area (Å²) in [4.78, 5) is 0. The zero-order chi connectivity index (χ0) is 12.0. The van der Waals surface area contributed by atoms with Gasteiger partial charge in [0.25, 0.3) is 0 Å². The highest BCUT2D eigenvalue weighted by Gasteiger charge is 2.62. The van der Waals surface area contributed by atoms with Gasteiger partial charge in [0.05, 0.1) is 12.8 Å². The molecule has 0 amide bonds. The number of rotatable bonds is 4. The van der Waals surface area contributed by atoms with Crippen molar-refractivity contribution in [3.8, 4) is 0 Å². The van der Waals surface area contributed by atoms with E-state index in [1.54, 1.807) is 0 Å². The first-order chi connectivity index (χ1) is 7.41. The fourth-order valence-electron chi connectivity index (χ4n) is 2.65. The maximum absolute atomic E-state index is 9.60. The SMILES string of the molecule is CC(C)Cn1cc(C2(CO)CC2(C)C)cn1. The lowest BCUT2D eigenvalue weighted by molar-refractivity contribution is 0.231. The van der Waals surface area contributed by atoms with Crippen molar-refractivity contribution in [1.29, 1.82) is 0 Å². The third-order valence-electron chi connectivity index (χ3n) is 3.92. The van der Waals surface area contributed by atoms with Gasteiger partial charge in [0.2, 0.25) is 0 Å². The van der Waals surface area contributed by atoms with Crippen molar-refractivity contribution < 1.29 is 5.11 Å². The van der Waals surface area contributed by atoms with Crippen LogP contribution in [-0.2, 0) is 12.0 Å². The maximum Gasteiger partial charge on any atom is 0.0534 e. The first kappa shape index (κ1) is 11.6. The Labute approximate surface area is 97.5 Å². The number of hydrogen-bond donors (Lipinski definition) is 1. The lowest BCUT2D eigenvalue weighted by Gasteiger charge is -2.15. The molecule has 1 saturated carbocycles. The van der Waals surface area contributed by atoms with Crippen molar-refractivity contribution in [1.82, 2.24) is 9.78 Å². The molecule has 1 aliphatic carbocycles. The van der Waals surface area contributed by atoms with E-state index in [0.29, 0.717) is 5.92 Å². The summed E-state index contributed by atoms with van der Waals surface area (Å²) < 4.78 is 1.99. The molecule has 1 fully saturated rings. The van der Waals surface area contributed by atoms with Crippen molar-refractivity contribution in [2.45, 2.75) is 46.1 Å². The molecule has 3 nitrogen and oxygen atoms in total. The van der Waals surface area contributed by atoms with E-state index in [0.717, 1.165) is 13.0 Å². The van der Waals surface area contributed by atoms with Gasteiger partial charge in [-0.1, -0.05) is 27.7 Å². The standard InChI is InChI=1S/C13H22N2O/c1-10(2)6-15-7-11(5-14-15)13(9-16)8-12(13,3)4/h5,7,10,16H,6,8-9H2,1-4H3. The molecule has 1 aromatic rings. The van der Waals surface area contributed by atoms with Crippen LogP contribution in [0.2, 0.25) is 0 Å². The van der Waals surface area contributed by atoms with E-state index in [4.69, 9.17) is 0 Å². The predicted molar refractivity (Wildman–Crippen MR) is 64.2 cm³/mol. The maximum atomic E-state index is 9.60. The van der Waals surface area contributed by atoms with E-state index in [-0.39, 0.29) is 17.4 Å². The van der Waals surface area contributed by atoms with Crippen LogP contribution >= 0.6 is 0 Å². The molecular weight excluding hydrogens is 200 g/mol. The van der Waals surface area contributed by atoms with E-state index in [1.807, 2.05) is 10.9 Å². The summed E-state index contributed by atoms with van der Waals surface area (Å²) in [6, 6.07) is 0. The Kier molecular flexibility index (Phi) is 2.61. The molecule has 1 aliphatic rings. The first-order valence-corrected chi connectivity index (χ1v) is 6.05. The minimum absolute atomic E-state index is 0.0395. The van der Waals surface area contributed by atoms with Crippen LogP contribution in [0.4, 0.5) is 0 Å². The van der Waals surface area contributed by atoms with Crippen LogP contribution in [0.5, 0.6) is 0 Å². The van der Waals surface area contributed by atoms with E-state index < -0.39 is 0 Å². The van der Waals surface area contributed by atoms with E-state index in [2.05, 4.69) is 39.0 Å². The molecule has 1 unspecified atom stereocenters. The summed E-state index contributed by atoms with van der Waals surface area (Å²) in [6.45, 7) is 9.97. The van der Waals surface area contributed by atoms with E-state index in [9.17, 15) is 5.11 Å². The van der Waals surface area contributed by atoms with Gasteiger partial charge in [0.15, 0.2) is 0 Å². The van der Waals surface area contributed by atoms with Crippen molar-refractivity contribution in [3.05, 3.63) is 18.0 Å². The van der Waals surface area contributed by atoms with Crippen LogP contribution in [-0.4, -0.2) is 21.5 Å². The molecule has 0 aliphatic heterocycles. The minimum atomic E-state index is -0.0395. The molecule has 90 valence electrons. The molecule has 3 heteroatoms. The second kappa shape index (κ2) is 3.59. The smallest absolute Gasteiger partial charge is 0.0534 e. The monoisotopic (exact) mass is 222 g/mol. The third-order valence-corrected chi connectivity index (χ3v) is 3.92. The highest BCUT2D eigenvalue weighted by Crippen LogP contribution is 2.63. The fraction of sp³-hybridized carbons (Fsp3) is 0.769. The zero-order valence-electron chi connectivity index (χ0n) is 10.7. The number of aliphatic hydroxyl groups excluding tert-OH is 1. The molecular formula is C13H22N2O. The lowest BCUT2D eigenvalue weighted by atomic mass is 9.91. The average Bonchev–Trinajstić information content (AvgIpc) is 2.57. The average molecular weight is 222 g/mol. The molecule has 16 heavy (non-hydrogen) atoms. The van der Waals surface area contributed by atoms with Gasteiger partial charge in [-0.3, -0.25) is 4.68 Å². The van der Waals surface area contributed by atoms with Crippen molar-refractivity contribution in [2.24, 2.45) is 11.3 Å². The molecule has 0 bridgehead atoms. The summed E-state index contributed by atoms with van der Waals surface area (Å²) in [5, 5.41) is 14.0. The Hall–Kier alpha value is -0.830. The largest absolute Gasteiger partial charge is 0.395 e. The lowest BCUT2D eigenvalue weighted by Crippen LogP contribution is -2.18. The minimum Gasteiger partial charge on any atom is -0.395 e. The Balaban J connectivity index is 2.19. The molecule has 1 aromatic heterocycles. The van der Waals surface area contributed by atoms with Gasteiger partial charge in [-0.05, 0) is 23.3 Å². The van der Waals surface area contributed by atoms with Crippen LogP contribution in [0.3, 0.4) is 0 Å². The molecule has 1 heterocycles. The number of nitrogens with zero attached hydrogens (tertiary/aromatic N) is 2. The Bertz CT molecular complexity index is 381. The summed E-state index contributed by atoms with van der Waals surface area (Å²) in [6.07, 6.45) is 5.09. The topological polar surface area (TPSA) is 38.0 Å². The van der Waals surface area contributed by atoms with Gasteiger partial charge in [-0.2, -0.15) is 5.10 Å². The van der Waals surface area contributed by atoms with Crippen LogP contribution in [0.1, 0.15) is 39.7 Å².